The molecule has 2 heterocycles. The second kappa shape index (κ2) is 8.55. The first-order valence-electron chi connectivity index (χ1n) is 8.02. The Morgan fingerprint density at radius 1 is 1.18 bits per heavy atom. The highest BCUT2D eigenvalue weighted by molar-refractivity contribution is 9.10. The second-order valence-corrected chi connectivity index (χ2v) is 6.77. The van der Waals surface area contributed by atoms with Crippen molar-refractivity contribution in [3.63, 3.8) is 0 Å². The maximum Gasteiger partial charge on any atom is 0.282 e. The van der Waals surface area contributed by atoms with Crippen LogP contribution in [0, 0.1) is 0 Å². The molecular weight excluding hydrogens is 446 g/mol. The summed E-state index contributed by atoms with van der Waals surface area (Å²) in [4.78, 5) is 12.2. The van der Waals surface area contributed by atoms with Crippen molar-refractivity contribution in [3.05, 3.63) is 64.1 Å². The molecular formula is C17H14BrF4N5O. The van der Waals surface area contributed by atoms with Gasteiger partial charge in [-0.3, -0.25) is 14.2 Å². The average molecular weight is 460 g/mol. The Hall–Kier alpha value is -2.69. The van der Waals surface area contributed by atoms with Crippen LogP contribution >= 0.6 is 15.9 Å². The number of amides is 1. The lowest BCUT2D eigenvalue weighted by molar-refractivity contribution is -0.117. The van der Waals surface area contributed by atoms with E-state index in [1.807, 2.05) is 6.07 Å². The number of nitrogens with zero attached hydrogens (tertiary/aromatic N) is 4. The first kappa shape index (κ1) is 20.1. The standard InChI is InChI=1S/C17H14BrF4N5O/c18-11-6-23-26(8-11)7-10-2-1-3-12(4-10)24-15(28)9-27-14(17(21)22)5-13(25-27)16(19)20/h1-6,8,16-17H,7,9H2,(H,24,28). The smallest absolute Gasteiger partial charge is 0.282 e. The number of carbonyl (C=O) groups excluding carboxylic acids is 1. The molecule has 11 heteroatoms. The predicted octanol–water partition coefficient (Wildman–Crippen LogP) is 4.40. The Labute approximate surface area is 165 Å². The fourth-order valence-electron chi connectivity index (χ4n) is 2.56. The van der Waals surface area contributed by atoms with Crippen molar-refractivity contribution in [3.8, 4) is 0 Å². The first-order valence-corrected chi connectivity index (χ1v) is 8.82. The van der Waals surface area contributed by atoms with Crippen molar-refractivity contribution >= 4 is 27.5 Å². The summed E-state index contributed by atoms with van der Waals surface area (Å²) in [6, 6.07) is 7.49. The van der Waals surface area contributed by atoms with Crippen LogP contribution in [0.15, 0.2) is 47.2 Å². The van der Waals surface area contributed by atoms with Crippen molar-refractivity contribution in [1.82, 2.24) is 19.6 Å². The van der Waals surface area contributed by atoms with Crippen LogP contribution in [0.1, 0.15) is 29.8 Å². The Kier molecular flexibility index (Phi) is 6.12. The van der Waals surface area contributed by atoms with Gasteiger partial charge < -0.3 is 5.32 Å². The van der Waals surface area contributed by atoms with E-state index in [4.69, 9.17) is 0 Å². The maximum absolute atomic E-state index is 13.0. The van der Waals surface area contributed by atoms with E-state index in [0.717, 1.165) is 10.0 Å². The molecule has 0 radical (unpaired) electrons. The summed E-state index contributed by atoms with van der Waals surface area (Å²) in [5, 5.41) is 10.1. The minimum Gasteiger partial charge on any atom is -0.324 e. The number of halogens is 5. The monoisotopic (exact) mass is 459 g/mol. The van der Waals surface area contributed by atoms with Crippen LogP contribution in [0.3, 0.4) is 0 Å². The summed E-state index contributed by atoms with van der Waals surface area (Å²) in [6.07, 6.45) is -2.59. The zero-order valence-electron chi connectivity index (χ0n) is 14.2. The first-order chi connectivity index (χ1) is 13.3. The fraction of sp³-hybridized carbons (Fsp3) is 0.235. The number of aromatic nitrogens is 4. The van der Waals surface area contributed by atoms with Crippen LogP contribution in [-0.4, -0.2) is 25.5 Å². The molecule has 0 aliphatic carbocycles. The van der Waals surface area contributed by atoms with E-state index in [1.54, 1.807) is 35.3 Å². The largest absolute Gasteiger partial charge is 0.324 e. The van der Waals surface area contributed by atoms with Crippen LogP contribution in [0.5, 0.6) is 0 Å². The minimum absolute atomic E-state index is 0.438. The molecule has 2 aromatic heterocycles. The molecule has 6 nitrogen and oxygen atoms in total. The molecule has 28 heavy (non-hydrogen) atoms. The van der Waals surface area contributed by atoms with Crippen LogP contribution in [0.25, 0.3) is 0 Å². The molecule has 0 fully saturated rings. The number of hydrogen-bond donors (Lipinski definition) is 1. The molecule has 0 atom stereocenters. The van der Waals surface area contributed by atoms with Crippen molar-refractivity contribution in [1.29, 1.82) is 0 Å². The van der Waals surface area contributed by atoms with Crippen molar-refractivity contribution < 1.29 is 22.4 Å². The van der Waals surface area contributed by atoms with Crippen molar-refractivity contribution in [2.24, 2.45) is 0 Å². The fourth-order valence-corrected chi connectivity index (χ4v) is 2.88. The molecule has 0 spiro atoms. The molecule has 1 N–H and O–H groups in total. The van der Waals surface area contributed by atoms with Gasteiger partial charge >= 0.3 is 0 Å². The topological polar surface area (TPSA) is 64.7 Å². The highest BCUT2D eigenvalue weighted by Gasteiger charge is 2.22. The summed E-state index contributed by atoms with van der Waals surface area (Å²) in [7, 11) is 0. The molecule has 1 amide bonds. The minimum atomic E-state index is -3.02. The SMILES string of the molecule is O=C(Cn1nc(C(F)F)cc1C(F)F)Nc1cccc(Cn2cc(Br)cn2)c1. The zero-order valence-corrected chi connectivity index (χ0v) is 15.8. The van der Waals surface area contributed by atoms with E-state index in [2.05, 4.69) is 31.4 Å². The van der Waals surface area contributed by atoms with Crippen LogP contribution in [-0.2, 0) is 17.9 Å². The third-order valence-corrected chi connectivity index (χ3v) is 4.14. The van der Waals surface area contributed by atoms with E-state index in [-0.39, 0.29) is 0 Å². The highest BCUT2D eigenvalue weighted by Crippen LogP contribution is 2.25. The van der Waals surface area contributed by atoms with Gasteiger partial charge in [0.2, 0.25) is 5.91 Å². The Morgan fingerprint density at radius 2 is 1.96 bits per heavy atom. The molecule has 3 rings (SSSR count). The van der Waals surface area contributed by atoms with E-state index in [1.165, 1.54) is 0 Å². The number of alkyl halides is 4. The molecule has 0 saturated carbocycles. The third kappa shape index (κ3) is 4.97. The van der Waals surface area contributed by atoms with Gasteiger partial charge in [-0.25, -0.2) is 17.6 Å². The number of rotatable bonds is 7. The average Bonchev–Trinajstić information content (AvgIpc) is 3.21. The Morgan fingerprint density at radius 3 is 2.61 bits per heavy atom. The van der Waals surface area contributed by atoms with Gasteiger partial charge in [-0.05, 0) is 39.7 Å². The molecule has 0 bridgehead atoms. The Bertz CT molecular complexity index is 972. The lowest BCUT2D eigenvalue weighted by atomic mass is 10.2. The number of benzene rings is 1. The van der Waals surface area contributed by atoms with Crippen molar-refractivity contribution in [2.75, 3.05) is 5.32 Å². The van der Waals surface area contributed by atoms with Crippen LogP contribution < -0.4 is 5.32 Å². The number of nitrogens with one attached hydrogen (secondary N) is 1. The lowest BCUT2D eigenvalue weighted by Gasteiger charge is -2.09. The number of anilines is 1. The third-order valence-electron chi connectivity index (χ3n) is 3.73. The predicted molar refractivity (Wildman–Crippen MR) is 96.2 cm³/mol. The second-order valence-electron chi connectivity index (χ2n) is 5.86. The molecule has 0 unspecified atom stereocenters. The van der Waals surface area contributed by atoms with E-state index in [9.17, 15) is 22.4 Å². The van der Waals surface area contributed by atoms with Crippen molar-refractivity contribution in [2.45, 2.75) is 25.9 Å². The van der Waals surface area contributed by atoms with Crippen LogP contribution in [0.2, 0.25) is 0 Å². The van der Waals surface area contributed by atoms with E-state index in [0.29, 0.717) is 23.0 Å². The molecule has 0 aliphatic heterocycles. The molecule has 148 valence electrons. The van der Waals surface area contributed by atoms with Gasteiger partial charge in [0, 0.05) is 11.9 Å². The molecule has 3 aromatic rings. The summed E-state index contributed by atoms with van der Waals surface area (Å²) in [5.41, 5.74) is -0.242. The normalized spacial score (nSPS) is 11.4. The summed E-state index contributed by atoms with van der Waals surface area (Å²) >= 11 is 3.30. The zero-order chi connectivity index (χ0) is 20.3. The van der Waals surface area contributed by atoms with Gasteiger partial charge in [0.05, 0.1) is 17.2 Å². The molecule has 0 aliphatic rings. The maximum atomic E-state index is 13.0. The van der Waals surface area contributed by atoms with Gasteiger partial charge in [-0.1, -0.05) is 12.1 Å². The van der Waals surface area contributed by atoms with E-state index < -0.39 is 36.7 Å². The highest BCUT2D eigenvalue weighted by atomic mass is 79.9. The lowest BCUT2D eigenvalue weighted by Crippen LogP contribution is -2.21. The number of hydrogen-bond acceptors (Lipinski definition) is 3. The Balaban J connectivity index is 1.69. The summed E-state index contributed by atoms with van der Waals surface area (Å²) in [6.45, 7) is -0.148. The number of carbonyl (C=O) groups is 1. The van der Waals surface area contributed by atoms with Gasteiger partial charge in [0.15, 0.2) is 0 Å². The van der Waals surface area contributed by atoms with Gasteiger partial charge in [0.1, 0.15) is 17.9 Å². The van der Waals surface area contributed by atoms with Gasteiger partial charge in [-0.15, -0.1) is 0 Å². The van der Waals surface area contributed by atoms with Gasteiger partial charge in [0.25, 0.3) is 12.9 Å². The summed E-state index contributed by atoms with van der Waals surface area (Å²) < 4.78 is 54.5. The van der Waals surface area contributed by atoms with E-state index >= 15 is 0 Å². The molecule has 0 saturated heterocycles. The molecule has 1 aromatic carbocycles. The summed E-state index contributed by atoms with van der Waals surface area (Å²) in [5.74, 6) is -0.662. The quantitative estimate of drug-likeness (QED) is 0.532. The van der Waals surface area contributed by atoms with Crippen LogP contribution in [0.4, 0.5) is 23.2 Å². The van der Waals surface area contributed by atoms with Gasteiger partial charge in [-0.2, -0.15) is 10.2 Å².